The molecule has 1 aromatic heterocycles. The van der Waals surface area contributed by atoms with Crippen LogP contribution >= 0.6 is 11.3 Å². The SMILES string of the molecule is CCCCCCCCOC(=O)Nc1sc(Cc2ccccc2)cc1C(=O)O. The van der Waals surface area contributed by atoms with Gasteiger partial charge in [-0.05, 0) is 18.1 Å². The van der Waals surface area contributed by atoms with E-state index in [1.807, 2.05) is 30.3 Å². The Morgan fingerprint density at radius 1 is 1.07 bits per heavy atom. The number of ether oxygens (including phenoxy) is 1. The third-order valence-electron chi connectivity index (χ3n) is 4.18. The summed E-state index contributed by atoms with van der Waals surface area (Å²) in [4.78, 5) is 24.3. The van der Waals surface area contributed by atoms with E-state index < -0.39 is 12.1 Å². The van der Waals surface area contributed by atoms with E-state index >= 15 is 0 Å². The number of carboxylic acids is 1. The molecule has 0 radical (unpaired) electrons. The maximum atomic E-state index is 12.0. The molecule has 5 nitrogen and oxygen atoms in total. The largest absolute Gasteiger partial charge is 0.478 e. The standard InChI is InChI=1S/C21H27NO4S/c1-2-3-4-5-6-10-13-26-21(25)22-19-18(20(23)24)15-17(27-19)14-16-11-8-7-9-12-16/h7-9,11-12,15H,2-6,10,13-14H2,1H3,(H,22,25)(H,23,24). The van der Waals surface area contributed by atoms with E-state index in [-0.39, 0.29) is 5.56 Å². The first-order valence-corrected chi connectivity index (χ1v) is 10.3. The lowest BCUT2D eigenvalue weighted by Gasteiger charge is -2.06. The lowest BCUT2D eigenvalue weighted by molar-refractivity contribution is 0.0698. The average Bonchev–Trinajstić information content (AvgIpc) is 3.04. The maximum Gasteiger partial charge on any atom is 0.412 e. The fraction of sp³-hybridized carbons (Fsp3) is 0.429. The molecule has 0 aliphatic heterocycles. The van der Waals surface area contributed by atoms with Gasteiger partial charge < -0.3 is 9.84 Å². The average molecular weight is 390 g/mol. The Kier molecular flexibility index (Phi) is 8.84. The third-order valence-corrected chi connectivity index (χ3v) is 5.23. The second kappa shape index (κ2) is 11.4. The van der Waals surface area contributed by atoms with E-state index in [0.717, 1.165) is 29.7 Å². The second-order valence-electron chi connectivity index (χ2n) is 6.45. The van der Waals surface area contributed by atoms with Gasteiger partial charge in [0, 0.05) is 11.3 Å². The Balaban J connectivity index is 1.85. The molecule has 0 aliphatic rings. The number of unbranched alkanes of at least 4 members (excludes halogenated alkanes) is 5. The number of anilines is 1. The highest BCUT2D eigenvalue weighted by Gasteiger charge is 2.18. The molecule has 2 N–H and O–H groups in total. The first kappa shape index (κ1) is 21.0. The monoisotopic (exact) mass is 389 g/mol. The van der Waals surface area contributed by atoms with Crippen molar-refractivity contribution < 1.29 is 19.4 Å². The Morgan fingerprint density at radius 3 is 2.48 bits per heavy atom. The molecule has 0 unspecified atom stereocenters. The second-order valence-corrected chi connectivity index (χ2v) is 7.59. The Morgan fingerprint density at radius 2 is 1.78 bits per heavy atom. The third kappa shape index (κ3) is 7.43. The van der Waals surface area contributed by atoms with Crippen LogP contribution in [0.4, 0.5) is 9.80 Å². The fourth-order valence-corrected chi connectivity index (χ4v) is 3.82. The van der Waals surface area contributed by atoms with Gasteiger partial charge >= 0.3 is 12.1 Å². The van der Waals surface area contributed by atoms with Gasteiger partial charge in [-0.1, -0.05) is 69.4 Å². The van der Waals surface area contributed by atoms with E-state index in [0.29, 0.717) is 18.0 Å². The molecule has 0 bridgehead atoms. The number of amides is 1. The van der Waals surface area contributed by atoms with E-state index in [2.05, 4.69) is 12.2 Å². The number of hydrogen-bond donors (Lipinski definition) is 2. The Bertz CT molecular complexity index is 727. The first-order valence-electron chi connectivity index (χ1n) is 9.44. The zero-order valence-corrected chi connectivity index (χ0v) is 16.5. The summed E-state index contributed by atoms with van der Waals surface area (Å²) >= 11 is 1.27. The molecule has 0 saturated heterocycles. The molecule has 0 saturated carbocycles. The predicted octanol–water partition coefficient (Wildman–Crippen LogP) is 5.95. The number of carbonyl (C=O) groups is 2. The first-order chi connectivity index (χ1) is 13.1. The van der Waals surface area contributed by atoms with Gasteiger partial charge in [0.2, 0.25) is 0 Å². The number of benzene rings is 1. The van der Waals surface area contributed by atoms with Gasteiger partial charge in [0.05, 0.1) is 12.2 Å². The molecule has 146 valence electrons. The highest BCUT2D eigenvalue weighted by Crippen LogP contribution is 2.30. The fourth-order valence-electron chi connectivity index (χ4n) is 2.75. The summed E-state index contributed by atoms with van der Waals surface area (Å²) in [6.07, 6.45) is 6.70. The minimum atomic E-state index is -1.06. The minimum Gasteiger partial charge on any atom is -0.478 e. The van der Waals surface area contributed by atoms with Crippen molar-refractivity contribution in [2.24, 2.45) is 0 Å². The van der Waals surface area contributed by atoms with Crippen LogP contribution in [0.2, 0.25) is 0 Å². The van der Waals surface area contributed by atoms with Crippen molar-refractivity contribution in [1.29, 1.82) is 0 Å². The Hall–Kier alpha value is -2.34. The number of carbonyl (C=O) groups excluding carboxylic acids is 1. The van der Waals surface area contributed by atoms with Crippen LogP contribution < -0.4 is 5.32 Å². The van der Waals surface area contributed by atoms with Crippen molar-refractivity contribution in [3.05, 3.63) is 52.4 Å². The van der Waals surface area contributed by atoms with Crippen LogP contribution in [-0.4, -0.2) is 23.8 Å². The van der Waals surface area contributed by atoms with Crippen LogP contribution in [0.5, 0.6) is 0 Å². The summed E-state index contributed by atoms with van der Waals surface area (Å²) in [5.74, 6) is -1.06. The molecule has 2 rings (SSSR count). The van der Waals surface area contributed by atoms with Crippen LogP contribution in [0.1, 0.15) is 66.2 Å². The van der Waals surface area contributed by atoms with Crippen molar-refractivity contribution >= 4 is 28.4 Å². The van der Waals surface area contributed by atoms with Crippen LogP contribution in [-0.2, 0) is 11.2 Å². The van der Waals surface area contributed by atoms with E-state index in [4.69, 9.17) is 4.74 Å². The number of nitrogens with one attached hydrogen (secondary N) is 1. The van der Waals surface area contributed by atoms with Gasteiger partial charge in [0.15, 0.2) is 0 Å². The van der Waals surface area contributed by atoms with Crippen molar-refractivity contribution in [3.8, 4) is 0 Å². The Labute approximate surface area is 164 Å². The zero-order valence-electron chi connectivity index (χ0n) is 15.7. The van der Waals surface area contributed by atoms with Gasteiger partial charge in [-0.2, -0.15) is 0 Å². The maximum absolute atomic E-state index is 12.0. The molecular formula is C21H27NO4S. The normalized spacial score (nSPS) is 10.6. The molecule has 6 heteroatoms. The molecule has 0 atom stereocenters. The summed E-state index contributed by atoms with van der Waals surface area (Å²) in [6.45, 7) is 2.53. The number of thiophene rings is 1. The number of carboxylic acid groups (broad SMARTS) is 1. The van der Waals surface area contributed by atoms with Gasteiger partial charge in [-0.3, -0.25) is 5.32 Å². The van der Waals surface area contributed by atoms with Crippen molar-refractivity contribution in [3.63, 3.8) is 0 Å². The van der Waals surface area contributed by atoms with Gasteiger partial charge in [0.25, 0.3) is 0 Å². The number of hydrogen-bond acceptors (Lipinski definition) is 4. The van der Waals surface area contributed by atoms with E-state index in [1.165, 1.54) is 30.6 Å². The van der Waals surface area contributed by atoms with Crippen LogP contribution in [0.3, 0.4) is 0 Å². The van der Waals surface area contributed by atoms with Crippen molar-refractivity contribution in [2.75, 3.05) is 11.9 Å². The highest BCUT2D eigenvalue weighted by atomic mass is 32.1. The van der Waals surface area contributed by atoms with Crippen molar-refractivity contribution in [2.45, 2.75) is 51.9 Å². The summed E-state index contributed by atoms with van der Waals surface area (Å²) in [7, 11) is 0. The molecule has 0 spiro atoms. The predicted molar refractivity (Wildman–Crippen MR) is 109 cm³/mol. The van der Waals surface area contributed by atoms with E-state index in [1.54, 1.807) is 6.07 Å². The summed E-state index contributed by atoms with van der Waals surface area (Å²) < 4.78 is 5.18. The van der Waals surface area contributed by atoms with Crippen LogP contribution in [0, 0.1) is 0 Å². The quantitative estimate of drug-likeness (QED) is 0.466. The zero-order chi connectivity index (χ0) is 19.5. The molecule has 0 fully saturated rings. The van der Waals surface area contributed by atoms with Crippen molar-refractivity contribution in [1.82, 2.24) is 0 Å². The molecule has 1 amide bonds. The lowest BCUT2D eigenvalue weighted by atomic mass is 10.1. The van der Waals surface area contributed by atoms with E-state index in [9.17, 15) is 14.7 Å². The van der Waals surface area contributed by atoms with Gasteiger partial charge in [-0.15, -0.1) is 11.3 Å². The minimum absolute atomic E-state index is 0.0995. The van der Waals surface area contributed by atoms with Crippen LogP contribution in [0.15, 0.2) is 36.4 Å². The molecule has 2 aromatic rings. The van der Waals surface area contributed by atoms with Gasteiger partial charge in [0.1, 0.15) is 5.00 Å². The van der Waals surface area contributed by atoms with Gasteiger partial charge in [-0.25, -0.2) is 9.59 Å². The highest BCUT2D eigenvalue weighted by molar-refractivity contribution is 7.16. The summed E-state index contributed by atoms with van der Waals surface area (Å²) in [5, 5.41) is 12.3. The van der Waals surface area contributed by atoms with Crippen LogP contribution in [0.25, 0.3) is 0 Å². The molecule has 0 aliphatic carbocycles. The molecule has 27 heavy (non-hydrogen) atoms. The smallest absolute Gasteiger partial charge is 0.412 e. The molecule has 1 aromatic carbocycles. The number of rotatable bonds is 11. The molecular weight excluding hydrogens is 362 g/mol. The number of aromatic carboxylic acids is 1. The summed E-state index contributed by atoms with van der Waals surface area (Å²) in [5.41, 5.74) is 1.19. The lowest BCUT2D eigenvalue weighted by Crippen LogP contribution is -2.15. The topological polar surface area (TPSA) is 75.6 Å². The summed E-state index contributed by atoms with van der Waals surface area (Å²) in [6, 6.07) is 11.4. The molecule has 1 heterocycles.